The van der Waals surface area contributed by atoms with Crippen LogP contribution >= 0.6 is 11.3 Å². The van der Waals surface area contributed by atoms with Crippen molar-refractivity contribution in [3.63, 3.8) is 0 Å². The Kier molecular flexibility index (Phi) is 4.26. The maximum absolute atomic E-state index is 12.6. The third kappa shape index (κ3) is 3.15. The molecule has 0 aliphatic carbocycles. The number of hydrogen-bond donors (Lipinski definition) is 0. The Morgan fingerprint density at radius 2 is 1.95 bits per heavy atom. The molecule has 2 atom stereocenters. The summed E-state index contributed by atoms with van der Waals surface area (Å²) in [5.74, 6) is 0.469. The minimum absolute atomic E-state index is 0.101. The molecule has 0 bridgehead atoms. The fourth-order valence-corrected chi connectivity index (χ4v) is 3.39. The lowest BCUT2D eigenvalue weighted by molar-refractivity contribution is -0.0585. The molecule has 0 spiro atoms. The molecule has 2 heterocycles. The minimum atomic E-state index is 0.101. The third-order valence-electron chi connectivity index (χ3n) is 3.21. The molecule has 106 valence electrons. The lowest BCUT2D eigenvalue weighted by atomic mass is 10.2. The van der Waals surface area contributed by atoms with Crippen LogP contribution in [0.25, 0.3) is 0 Å². The summed E-state index contributed by atoms with van der Waals surface area (Å²) >= 11 is 1.53. The van der Waals surface area contributed by atoms with Crippen LogP contribution in [0, 0.1) is 6.92 Å². The summed E-state index contributed by atoms with van der Waals surface area (Å²) in [7, 11) is 0. The van der Waals surface area contributed by atoms with Crippen molar-refractivity contribution < 1.29 is 9.53 Å². The number of morpholine rings is 1. The molecular weight excluding hydrogens is 260 g/mol. The number of carbonyl (C=O) groups is 1. The molecule has 19 heavy (non-hydrogen) atoms. The summed E-state index contributed by atoms with van der Waals surface area (Å²) in [6.45, 7) is 11.5. The highest BCUT2D eigenvalue weighted by Crippen LogP contribution is 2.26. The third-order valence-corrected chi connectivity index (χ3v) is 4.65. The van der Waals surface area contributed by atoms with Gasteiger partial charge in [-0.3, -0.25) is 4.79 Å². The number of hydrogen-bond acceptors (Lipinski definition) is 4. The van der Waals surface area contributed by atoms with Crippen LogP contribution in [0.5, 0.6) is 0 Å². The Hall–Kier alpha value is -0.940. The minimum Gasteiger partial charge on any atom is -0.372 e. The first-order valence-electron chi connectivity index (χ1n) is 6.80. The molecule has 1 aromatic heterocycles. The van der Waals surface area contributed by atoms with E-state index in [1.165, 1.54) is 11.3 Å². The van der Waals surface area contributed by atoms with Crippen LogP contribution in [0.4, 0.5) is 0 Å². The highest BCUT2D eigenvalue weighted by atomic mass is 32.1. The van der Waals surface area contributed by atoms with Crippen LogP contribution in [0.2, 0.25) is 0 Å². The van der Waals surface area contributed by atoms with Gasteiger partial charge in [0.1, 0.15) is 4.88 Å². The number of aromatic nitrogens is 1. The summed E-state index contributed by atoms with van der Waals surface area (Å²) in [6, 6.07) is 0. The average Bonchev–Trinajstić information content (AvgIpc) is 2.69. The van der Waals surface area contributed by atoms with Gasteiger partial charge < -0.3 is 9.64 Å². The van der Waals surface area contributed by atoms with Crippen molar-refractivity contribution in [3.8, 4) is 0 Å². The van der Waals surface area contributed by atoms with Crippen molar-refractivity contribution in [2.45, 2.75) is 52.7 Å². The Bertz CT molecular complexity index is 460. The van der Waals surface area contributed by atoms with Crippen molar-refractivity contribution in [1.82, 2.24) is 9.88 Å². The van der Waals surface area contributed by atoms with Crippen molar-refractivity contribution in [3.05, 3.63) is 15.6 Å². The Balaban J connectivity index is 2.19. The van der Waals surface area contributed by atoms with Crippen LogP contribution < -0.4 is 0 Å². The zero-order chi connectivity index (χ0) is 14.2. The second-order valence-corrected chi connectivity index (χ2v) is 6.62. The Morgan fingerprint density at radius 1 is 1.37 bits per heavy atom. The number of rotatable bonds is 2. The largest absolute Gasteiger partial charge is 0.372 e. The highest BCUT2D eigenvalue weighted by molar-refractivity contribution is 7.13. The predicted octanol–water partition coefficient (Wildman–Crippen LogP) is 2.82. The van der Waals surface area contributed by atoms with Gasteiger partial charge in [0.05, 0.1) is 22.9 Å². The van der Waals surface area contributed by atoms with E-state index in [1.807, 2.05) is 25.7 Å². The molecule has 1 aromatic rings. The number of carbonyl (C=O) groups excluding carboxylic acids is 1. The van der Waals surface area contributed by atoms with Crippen LogP contribution in [0.3, 0.4) is 0 Å². The molecule has 4 nitrogen and oxygen atoms in total. The summed E-state index contributed by atoms with van der Waals surface area (Å²) in [6.07, 6.45) is 0.205. The zero-order valence-electron chi connectivity index (χ0n) is 12.3. The standard InChI is InChI=1S/C14H22N2O2S/c1-8(2)13-15-11(5)12(19-13)14(17)16-6-9(3)18-10(4)7-16/h8-10H,6-7H2,1-5H3/t9-,10-/m0/s1. The highest BCUT2D eigenvalue weighted by Gasteiger charge is 2.29. The Morgan fingerprint density at radius 3 is 2.42 bits per heavy atom. The number of aryl methyl sites for hydroxylation is 1. The molecule has 1 fully saturated rings. The first-order chi connectivity index (χ1) is 8.88. The van der Waals surface area contributed by atoms with Gasteiger partial charge in [0.2, 0.25) is 0 Å². The lowest BCUT2D eigenvalue weighted by Gasteiger charge is -2.35. The zero-order valence-corrected chi connectivity index (χ0v) is 13.1. The van der Waals surface area contributed by atoms with Crippen molar-refractivity contribution >= 4 is 17.2 Å². The van der Waals surface area contributed by atoms with Gasteiger partial charge in [-0.15, -0.1) is 11.3 Å². The SMILES string of the molecule is Cc1nc(C(C)C)sc1C(=O)N1C[C@H](C)O[C@@H](C)C1. The number of thiazole rings is 1. The van der Waals surface area contributed by atoms with Gasteiger partial charge in [0, 0.05) is 19.0 Å². The fourth-order valence-electron chi connectivity index (χ4n) is 2.35. The van der Waals surface area contributed by atoms with E-state index in [1.54, 1.807) is 0 Å². The maximum Gasteiger partial charge on any atom is 0.266 e. The van der Waals surface area contributed by atoms with Crippen LogP contribution in [-0.4, -0.2) is 41.1 Å². The number of nitrogens with zero attached hydrogens (tertiary/aromatic N) is 2. The summed E-state index contributed by atoms with van der Waals surface area (Å²) in [5, 5.41) is 1.04. The molecular formula is C14H22N2O2S. The molecule has 1 aliphatic heterocycles. The first kappa shape index (κ1) is 14.5. The van der Waals surface area contributed by atoms with Gasteiger partial charge in [-0.05, 0) is 20.8 Å². The Labute approximate surface area is 118 Å². The van der Waals surface area contributed by atoms with E-state index in [-0.39, 0.29) is 18.1 Å². The molecule has 0 N–H and O–H groups in total. The van der Waals surface area contributed by atoms with Crippen molar-refractivity contribution in [2.75, 3.05) is 13.1 Å². The molecule has 1 aliphatic rings. The normalized spacial score (nSPS) is 24.0. The molecule has 0 radical (unpaired) electrons. The van der Waals surface area contributed by atoms with Gasteiger partial charge in [0.15, 0.2) is 0 Å². The van der Waals surface area contributed by atoms with Gasteiger partial charge in [-0.2, -0.15) is 0 Å². The molecule has 5 heteroatoms. The van der Waals surface area contributed by atoms with Gasteiger partial charge >= 0.3 is 0 Å². The fraction of sp³-hybridized carbons (Fsp3) is 0.714. The molecule has 2 rings (SSSR count). The van der Waals surface area contributed by atoms with E-state index in [0.717, 1.165) is 15.6 Å². The topological polar surface area (TPSA) is 42.4 Å². The summed E-state index contributed by atoms with van der Waals surface area (Å²) in [4.78, 5) is 19.8. The van der Waals surface area contributed by atoms with Crippen LogP contribution in [0.1, 0.15) is 54.0 Å². The van der Waals surface area contributed by atoms with E-state index in [0.29, 0.717) is 19.0 Å². The van der Waals surface area contributed by atoms with E-state index in [4.69, 9.17) is 4.74 Å². The monoisotopic (exact) mass is 282 g/mol. The van der Waals surface area contributed by atoms with Crippen molar-refractivity contribution in [2.24, 2.45) is 0 Å². The predicted molar refractivity (Wildman–Crippen MR) is 76.9 cm³/mol. The molecule has 1 amide bonds. The molecule has 0 unspecified atom stereocenters. The first-order valence-corrected chi connectivity index (χ1v) is 7.62. The smallest absolute Gasteiger partial charge is 0.266 e. The molecule has 1 saturated heterocycles. The average molecular weight is 282 g/mol. The number of amides is 1. The molecule has 0 saturated carbocycles. The van der Waals surface area contributed by atoms with Gasteiger partial charge in [-0.25, -0.2) is 4.98 Å². The van der Waals surface area contributed by atoms with Crippen molar-refractivity contribution in [1.29, 1.82) is 0 Å². The van der Waals surface area contributed by atoms with Crippen LogP contribution in [0.15, 0.2) is 0 Å². The summed E-state index contributed by atoms with van der Waals surface area (Å²) in [5.41, 5.74) is 0.852. The second-order valence-electron chi connectivity index (χ2n) is 5.59. The summed E-state index contributed by atoms with van der Waals surface area (Å²) < 4.78 is 5.67. The maximum atomic E-state index is 12.6. The quantitative estimate of drug-likeness (QED) is 0.837. The van der Waals surface area contributed by atoms with E-state index in [9.17, 15) is 4.79 Å². The number of ether oxygens (including phenoxy) is 1. The van der Waals surface area contributed by atoms with E-state index >= 15 is 0 Å². The second kappa shape index (κ2) is 5.59. The van der Waals surface area contributed by atoms with Gasteiger partial charge in [0.25, 0.3) is 5.91 Å². The van der Waals surface area contributed by atoms with E-state index in [2.05, 4.69) is 18.8 Å². The van der Waals surface area contributed by atoms with E-state index < -0.39 is 0 Å². The lowest BCUT2D eigenvalue weighted by Crippen LogP contribution is -2.48. The molecule has 0 aromatic carbocycles. The van der Waals surface area contributed by atoms with Gasteiger partial charge in [-0.1, -0.05) is 13.8 Å². The van der Waals surface area contributed by atoms with Crippen LogP contribution in [-0.2, 0) is 4.74 Å².